The number of carboxylic acid groups (broad SMARTS) is 1. The number of rotatable bonds is 6. The molecule has 0 aromatic heterocycles. The fourth-order valence-electron chi connectivity index (χ4n) is 1.90. The molecule has 1 amide bonds. The number of benzene rings is 1. The quantitative estimate of drug-likeness (QED) is 0.790. The molecule has 1 rings (SSSR count). The van der Waals surface area contributed by atoms with Crippen LogP contribution in [0.3, 0.4) is 0 Å². The van der Waals surface area contributed by atoms with Crippen LogP contribution in [0.25, 0.3) is 0 Å². The van der Waals surface area contributed by atoms with Crippen molar-refractivity contribution in [1.82, 2.24) is 4.90 Å². The van der Waals surface area contributed by atoms with E-state index in [4.69, 9.17) is 0 Å². The average molecular weight is 253 g/mol. The summed E-state index contributed by atoms with van der Waals surface area (Å²) in [5.41, 5.74) is 0.954. The molecule has 0 fully saturated rings. The number of carbonyl (C=O) groups excluding carboxylic acids is 1. The molecule has 5 heteroatoms. The zero-order valence-corrected chi connectivity index (χ0v) is 10.4. The predicted molar refractivity (Wildman–Crippen MR) is 64.6 cm³/mol. The number of nitrogens with zero attached hydrogens (tertiary/aromatic N) is 1. The van der Waals surface area contributed by atoms with Crippen molar-refractivity contribution in [2.24, 2.45) is 0 Å². The van der Waals surface area contributed by atoms with Gasteiger partial charge in [-0.3, -0.25) is 4.79 Å². The third-order valence-electron chi connectivity index (χ3n) is 2.71. The number of carbonyl (C=O) groups is 2. The minimum Gasteiger partial charge on any atom is -0.479 e. The van der Waals surface area contributed by atoms with Crippen molar-refractivity contribution in [3.63, 3.8) is 0 Å². The molecule has 18 heavy (non-hydrogen) atoms. The highest BCUT2D eigenvalue weighted by Gasteiger charge is 2.27. The van der Waals surface area contributed by atoms with Gasteiger partial charge in [0, 0.05) is 6.54 Å². The van der Waals surface area contributed by atoms with Gasteiger partial charge in [-0.05, 0) is 36.6 Å². The highest BCUT2D eigenvalue weighted by molar-refractivity contribution is 5.78. The van der Waals surface area contributed by atoms with Gasteiger partial charge in [-0.1, -0.05) is 13.0 Å². The summed E-state index contributed by atoms with van der Waals surface area (Å²) in [4.78, 5) is 23.5. The number of carboxylic acids is 1. The summed E-state index contributed by atoms with van der Waals surface area (Å²) in [6.07, 6.45) is 1.17. The van der Waals surface area contributed by atoms with E-state index in [0.717, 1.165) is 0 Å². The normalized spacial score (nSPS) is 11.9. The number of aryl methyl sites for hydroxylation is 1. The second-order valence-corrected chi connectivity index (χ2v) is 4.08. The molecule has 0 aliphatic rings. The Kier molecular flexibility index (Phi) is 4.83. The van der Waals surface area contributed by atoms with Crippen LogP contribution >= 0.6 is 0 Å². The summed E-state index contributed by atoms with van der Waals surface area (Å²) in [6, 6.07) is 2.81. The lowest BCUT2D eigenvalue weighted by atomic mass is 10.00. The summed E-state index contributed by atoms with van der Waals surface area (Å²) in [7, 11) is 0. The van der Waals surface area contributed by atoms with Gasteiger partial charge >= 0.3 is 5.97 Å². The lowest BCUT2D eigenvalue weighted by Crippen LogP contribution is -2.34. The number of hydrogen-bond acceptors (Lipinski definition) is 2. The van der Waals surface area contributed by atoms with Gasteiger partial charge in [-0.15, -0.1) is 0 Å². The maximum absolute atomic E-state index is 13.0. The molecule has 0 saturated carbocycles. The third kappa shape index (κ3) is 3.06. The van der Waals surface area contributed by atoms with Crippen LogP contribution < -0.4 is 0 Å². The minimum absolute atomic E-state index is 0.345. The first-order valence-corrected chi connectivity index (χ1v) is 5.71. The summed E-state index contributed by atoms with van der Waals surface area (Å²) in [5, 5.41) is 9.25. The molecule has 1 unspecified atom stereocenters. The standard InChI is InChI=1S/C13H16FNO3/c1-3-6-15(8-16)12(13(17)18)11-5-4-10(14)7-9(11)2/h4-5,7-8,12H,3,6H2,1-2H3,(H,17,18). The molecule has 4 nitrogen and oxygen atoms in total. The van der Waals surface area contributed by atoms with Crippen LogP contribution in [-0.2, 0) is 9.59 Å². The van der Waals surface area contributed by atoms with E-state index in [1.54, 1.807) is 6.92 Å². The predicted octanol–water partition coefficient (Wildman–Crippen LogP) is 2.13. The molecule has 0 radical (unpaired) electrons. The number of aliphatic carboxylic acids is 1. The molecule has 1 N–H and O–H groups in total. The van der Waals surface area contributed by atoms with E-state index in [-0.39, 0.29) is 0 Å². The summed E-state index contributed by atoms with van der Waals surface area (Å²) in [6.45, 7) is 3.83. The van der Waals surface area contributed by atoms with E-state index in [9.17, 15) is 19.1 Å². The summed E-state index contributed by atoms with van der Waals surface area (Å²) in [5.74, 6) is -1.54. The Bertz CT molecular complexity index is 448. The number of halogens is 1. The van der Waals surface area contributed by atoms with Crippen LogP contribution in [0.2, 0.25) is 0 Å². The van der Waals surface area contributed by atoms with Crippen molar-refractivity contribution in [2.75, 3.05) is 6.54 Å². The lowest BCUT2D eigenvalue weighted by Gasteiger charge is -2.26. The molecule has 98 valence electrons. The van der Waals surface area contributed by atoms with Gasteiger partial charge in [0.05, 0.1) is 0 Å². The zero-order chi connectivity index (χ0) is 13.7. The molecule has 1 atom stereocenters. The fraction of sp³-hybridized carbons (Fsp3) is 0.385. The van der Waals surface area contributed by atoms with Crippen LogP contribution in [0, 0.1) is 12.7 Å². The molecular formula is C13H16FNO3. The van der Waals surface area contributed by atoms with Gasteiger partial charge in [0.25, 0.3) is 0 Å². The van der Waals surface area contributed by atoms with Crippen LogP contribution in [0.4, 0.5) is 4.39 Å². The Labute approximate surface area is 105 Å². The molecule has 0 heterocycles. The largest absolute Gasteiger partial charge is 0.479 e. The van der Waals surface area contributed by atoms with Gasteiger partial charge in [-0.2, -0.15) is 0 Å². The van der Waals surface area contributed by atoms with E-state index < -0.39 is 17.8 Å². The number of amides is 1. The van der Waals surface area contributed by atoms with Crippen LogP contribution in [-0.4, -0.2) is 28.9 Å². The van der Waals surface area contributed by atoms with Crippen LogP contribution in [0.15, 0.2) is 18.2 Å². The maximum Gasteiger partial charge on any atom is 0.331 e. The average Bonchev–Trinajstić information content (AvgIpc) is 2.30. The van der Waals surface area contributed by atoms with Crippen molar-refractivity contribution >= 4 is 12.4 Å². The lowest BCUT2D eigenvalue weighted by molar-refractivity contribution is -0.146. The Morgan fingerprint density at radius 2 is 2.22 bits per heavy atom. The summed E-state index contributed by atoms with van der Waals surface area (Å²) >= 11 is 0. The Balaban J connectivity index is 3.18. The Morgan fingerprint density at radius 1 is 1.56 bits per heavy atom. The van der Waals surface area contributed by atoms with Gasteiger partial charge in [-0.25, -0.2) is 9.18 Å². The first-order valence-electron chi connectivity index (χ1n) is 5.71. The molecule has 0 spiro atoms. The third-order valence-corrected chi connectivity index (χ3v) is 2.71. The molecule has 0 saturated heterocycles. The first kappa shape index (κ1) is 14.2. The molecule has 0 aliphatic heterocycles. The van der Waals surface area contributed by atoms with E-state index in [2.05, 4.69) is 0 Å². The van der Waals surface area contributed by atoms with E-state index >= 15 is 0 Å². The first-order chi connectivity index (χ1) is 8.51. The van der Waals surface area contributed by atoms with Crippen molar-refractivity contribution in [3.05, 3.63) is 35.1 Å². The van der Waals surface area contributed by atoms with Crippen molar-refractivity contribution in [1.29, 1.82) is 0 Å². The van der Waals surface area contributed by atoms with E-state index in [0.29, 0.717) is 30.5 Å². The van der Waals surface area contributed by atoms with Gasteiger partial charge < -0.3 is 10.0 Å². The minimum atomic E-state index is -1.12. The van der Waals surface area contributed by atoms with E-state index in [1.165, 1.54) is 23.1 Å². The van der Waals surface area contributed by atoms with Crippen LogP contribution in [0.1, 0.15) is 30.5 Å². The molecule has 0 bridgehead atoms. The smallest absolute Gasteiger partial charge is 0.331 e. The maximum atomic E-state index is 13.0. The van der Waals surface area contributed by atoms with Crippen molar-refractivity contribution < 1.29 is 19.1 Å². The highest BCUT2D eigenvalue weighted by atomic mass is 19.1. The van der Waals surface area contributed by atoms with Crippen molar-refractivity contribution in [3.8, 4) is 0 Å². The zero-order valence-electron chi connectivity index (χ0n) is 10.4. The summed E-state index contributed by atoms with van der Waals surface area (Å²) < 4.78 is 13.0. The SMILES string of the molecule is CCCN(C=O)C(C(=O)O)c1ccc(F)cc1C. The van der Waals surface area contributed by atoms with Crippen LogP contribution in [0.5, 0.6) is 0 Å². The number of hydrogen-bond donors (Lipinski definition) is 1. The topological polar surface area (TPSA) is 57.6 Å². The second-order valence-electron chi connectivity index (χ2n) is 4.08. The Hall–Kier alpha value is -1.91. The van der Waals surface area contributed by atoms with Gasteiger partial charge in [0.1, 0.15) is 5.82 Å². The second kappa shape index (κ2) is 6.14. The molecule has 1 aromatic carbocycles. The van der Waals surface area contributed by atoms with Gasteiger partial charge in [0.15, 0.2) is 6.04 Å². The molecular weight excluding hydrogens is 237 g/mol. The highest BCUT2D eigenvalue weighted by Crippen LogP contribution is 2.24. The van der Waals surface area contributed by atoms with Crippen molar-refractivity contribution in [2.45, 2.75) is 26.3 Å². The Morgan fingerprint density at radius 3 is 2.67 bits per heavy atom. The molecule has 0 aliphatic carbocycles. The monoisotopic (exact) mass is 253 g/mol. The molecule has 1 aromatic rings. The van der Waals surface area contributed by atoms with Gasteiger partial charge in [0.2, 0.25) is 6.41 Å². The fourth-order valence-corrected chi connectivity index (χ4v) is 1.90. The van der Waals surface area contributed by atoms with E-state index in [1.807, 2.05) is 6.92 Å².